The lowest BCUT2D eigenvalue weighted by molar-refractivity contribution is 0.198. The molecule has 2 heterocycles. The molecule has 1 saturated heterocycles. The van der Waals surface area contributed by atoms with Gasteiger partial charge in [-0.05, 0) is 32.1 Å². The molecule has 112 valence electrons. The first-order valence-electron chi connectivity index (χ1n) is 7.68. The van der Waals surface area contributed by atoms with Crippen molar-refractivity contribution >= 4 is 16.7 Å². The van der Waals surface area contributed by atoms with Crippen LogP contribution < -0.4 is 10.2 Å². The van der Waals surface area contributed by atoms with Crippen molar-refractivity contribution in [2.75, 3.05) is 38.3 Å². The van der Waals surface area contributed by atoms with E-state index in [2.05, 4.69) is 14.6 Å². The van der Waals surface area contributed by atoms with Gasteiger partial charge in [0.2, 0.25) is 5.13 Å². The van der Waals surface area contributed by atoms with E-state index in [1.54, 1.807) is 18.6 Å². The molecule has 0 spiro atoms. The zero-order valence-electron chi connectivity index (χ0n) is 12.2. The minimum absolute atomic E-state index is 0.556. The molecule has 1 aliphatic carbocycles. The summed E-state index contributed by atoms with van der Waals surface area (Å²) in [6.07, 6.45) is 6.39. The van der Waals surface area contributed by atoms with Crippen LogP contribution in [-0.4, -0.2) is 48.8 Å². The molecule has 20 heavy (non-hydrogen) atoms. The van der Waals surface area contributed by atoms with E-state index >= 15 is 0 Å². The number of ether oxygens (including phenoxy) is 1. The SMILES string of the molecule is COCCNCC1CCCCN1c1nc(C2CC2)ns1. The third-order valence-electron chi connectivity index (χ3n) is 4.11. The van der Waals surface area contributed by atoms with Crippen molar-refractivity contribution in [1.82, 2.24) is 14.7 Å². The molecule has 1 aliphatic heterocycles. The van der Waals surface area contributed by atoms with E-state index in [1.165, 1.54) is 32.1 Å². The predicted octanol–water partition coefficient (Wildman–Crippen LogP) is 2.01. The molecule has 1 saturated carbocycles. The summed E-state index contributed by atoms with van der Waals surface area (Å²) in [6, 6.07) is 0.556. The number of rotatable bonds is 7. The second-order valence-electron chi connectivity index (χ2n) is 5.75. The Labute approximate surface area is 124 Å². The first kappa shape index (κ1) is 14.2. The van der Waals surface area contributed by atoms with E-state index in [0.717, 1.165) is 37.2 Å². The summed E-state index contributed by atoms with van der Waals surface area (Å²) in [5, 5.41) is 4.62. The van der Waals surface area contributed by atoms with Gasteiger partial charge in [-0.25, -0.2) is 4.98 Å². The van der Waals surface area contributed by atoms with Gasteiger partial charge in [-0.15, -0.1) is 0 Å². The van der Waals surface area contributed by atoms with E-state index in [9.17, 15) is 0 Å². The lowest BCUT2D eigenvalue weighted by atomic mass is 10.0. The Hall–Kier alpha value is -0.720. The van der Waals surface area contributed by atoms with Crippen LogP contribution in [0.3, 0.4) is 0 Å². The maximum atomic E-state index is 5.08. The molecule has 1 N–H and O–H groups in total. The van der Waals surface area contributed by atoms with Gasteiger partial charge in [0.15, 0.2) is 0 Å². The van der Waals surface area contributed by atoms with Crippen molar-refractivity contribution in [3.05, 3.63) is 5.82 Å². The maximum Gasteiger partial charge on any atom is 0.205 e. The number of nitrogens with one attached hydrogen (secondary N) is 1. The standard InChI is InChI=1S/C14H24N4OS/c1-19-9-7-15-10-12-4-2-3-8-18(12)14-16-13(17-20-14)11-5-6-11/h11-12,15H,2-10H2,1H3. The third-order valence-corrected chi connectivity index (χ3v) is 4.88. The molecule has 0 aromatic carbocycles. The van der Waals surface area contributed by atoms with Gasteiger partial charge < -0.3 is 15.0 Å². The fourth-order valence-electron chi connectivity index (χ4n) is 2.76. The number of hydrogen-bond acceptors (Lipinski definition) is 6. The van der Waals surface area contributed by atoms with Crippen LogP contribution in [0.2, 0.25) is 0 Å². The van der Waals surface area contributed by atoms with Gasteiger partial charge in [-0.3, -0.25) is 0 Å². The van der Waals surface area contributed by atoms with Crippen LogP contribution in [-0.2, 0) is 4.74 Å². The molecule has 1 aromatic heterocycles. The van der Waals surface area contributed by atoms with E-state index in [-0.39, 0.29) is 0 Å². The average molecular weight is 296 g/mol. The molecule has 1 aromatic rings. The lowest BCUT2D eigenvalue weighted by Crippen LogP contribution is -2.46. The summed E-state index contributed by atoms with van der Waals surface area (Å²) in [4.78, 5) is 7.24. The van der Waals surface area contributed by atoms with E-state index in [1.807, 2.05) is 0 Å². The Kier molecular flexibility index (Phi) is 4.86. The minimum atomic E-state index is 0.556. The number of nitrogens with zero attached hydrogens (tertiary/aromatic N) is 3. The zero-order valence-corrected chi connectivity index (χ0v) is 13.0. The van der Waals surface area contributed by atoms with Crippen LogP contribution in [0.25, 0.3) is 0 Å². The molecule has 5 nitrogen and oxygen atoms in total. The third kappa shape index (κ3) is 3.48. The molecule has 3 rings (SSSR count). The number of piperidine rings is 1. The predicted molar refractivity (Wildman–Crippen MR) is 81.6 cm³/mol. The van der Waals surface area contributed by atoms with Gasteiger partial charge in [0.05, 0.1) is 6.61 Å². The molecule has 1 unspecified atom stereocenters. The van der Waals surface area contributed by atoms with Crippen molar-refractivity contribution in [3.8, 4) is 0 Å². The molecule has 0 bridgehead atoms. The first-order valence-corrected chi connectivity index (χ1v) is 8.45. The minimum Gasteiger partial charge on any atom is -0.383 e. The molecule has 1 atom stereocenters. The van der Waals surface area contributed by atoms with Gasteiger partial charge in [-0.2, -0.15) is 4.37 Å². The summed E-state index contributed by atoms with van der Waals surface area (Å²) in [6.45, 7) is 3.83. The number of aromatic nitrogens is 2. The Morgan fingerprint density at radius 1 is 1.35 bits per heavy atom. The van der Waals surface area contributed by atoms with Crippen molar-refractivity contribution in [1.29, 1.82) is 0 Å². The van der Waals surface area contributed by atoms with E-state index in [0.29, 0.717) is 12.0 Å². The second kappa shape index (κ2) is 6.83. The number of hydrogen-bond donors (Lipinski definition) is 1. The summed E-state index contributed by atoms with van der Waals surface area (Å²) < 4.78 is 9.63. The number of methoxy groups -OCH3 is 1. The highest BCUT2D eigenvalue weighted by atomic mass is 32.1. The van der Waals surface area contributed by atoms with Crippen molar-refractivity contribution < 1.29 is 4.74 Å². The van der Waals surface area contributed by atoms with Crippen LogP contribution in [0, 0.1) is 0 Å². The lowest BCUT2D eigenvalue weighted by Gasteiger charge is -2.35. The Morgan fingerprint density at radius 3 is 3.05 bits per heavy atom. The Bertz CT molecular complexity index is 421. The van der Waals surface area contributed by atoms with Crippen LogP contribution >= 0.6 is 11.5 Å². The summed E-state index contributed by atoms with van der Waals surface area (Å²) in [5.74, 6) is 1.74. The molecule has 0 radical (unpaired) electrons. The highest BCUT2D eigenvalue weighted by molar-refractivity contribution is 7.09. The topological polar surface area (TPSA) is 50.3 Å². The second-order valence-corrected chi connectivity index (χ2v) is 6.48. The largest absolute Gasteiger partial charge is 0.383 e. The van der Waals surface area contributed by atoms with Gasteiger partial charge in [0.25, 0.3) is 0 Å². The fourth-order valence-corrected chi connectivity index (χ4v) is 3.60. The Morgan fingerprint density at radius 2 is 2.25 bits per heavy atom. The average Bonchev–Trinajstić information content (AvgIpc) is 3.22. The van der Waals surface area contributed by atoms with E-state index < -0.39 is 0 Å². The molecule has 6 heteroatoms. The molecule has 2 aliphatic rings. The summed E-state index contributed by atoms with van der Waals surface area (Å²) >= 11 is 1.58. The summed E-state index contributed by atoms with van der Waals surface area (Å²) in [7, 11) is 1.75. The van der Waals surface area contributed by atoms with Crippen molar-refractivity contribution in [2.45, 2.75) is 44.1 Å². The quantitative estimate of drug-likeness (QED) is 0.780. The van der Waals surface area contributed by atoms with E-state index in [4.69, 9.17) is 9.72 Å². The van der Waals surface area contributed by atoms with Gasteiger partial charge in [0, 0.05) is 50.2 Å². The summed E-state index contributed by atoms with van der Waals surface area (Å²) in [5.41, 5.74) is 0. The molecule has 2 fully saturated rings. The van der Waals surface area contributed by atoms with Gasteiger partial charge >= 0.3 is 0 Å². The number of anilines is 1. The normalized spacial score (nSPS) is 23.2. The van der Waals surface area contributed by atoms with Crippen LogP contribution in [0.1, 0.15) is 43.8 Å². The van der Waals surface area contributed by atoms with Crippen molar-refractivity contribution in [2.24, 2.45) is 0 Å². The van der Waals surface area contributed by atoms with Crippen molar-refractivity contribution in [3.63, 3.8) is 0 Å². The first-order chi connectivity index (χ1) is 9.88. The van der Waals surface area contributed by atoms with Gasteiger partial charge in [0.1, 0.15) is 5.82 Å². The fraction of sp³-hybridized carbons (Fsp3) is 0.857. The van der Waals surface area contributed by atoms with Gasteiger partial charge in [-0.1, -0.05) is 0 Å². The molecular formula is C14H24N4OS. The Balaban J connectivity index is 1.58. The van der Waals surface area contributed by atoms with Crippen LogP contribution in [0.4, 0.5) is 5.13 Å². The highest BCUT2D eigenvalue weighted by Crippen LogP contribution is 2.40. The maximum absolute atomic E-state index is 5.08. The van der Waals surface area contributed by atoms with Crippen LogP contribution in [0.15, 0.2) is 0 Å². The van der Waals surface area contributed by atoms with Crippen LogP contribution in [0.5, 0.6) is 0 Å². The molecule has 0 amide bonds. The smallest absolute Gasteiger partial charge is 0.205 e. The molecular weight excluding hydrogens is 272 g/mol. The highest BCUT2D eigenvalue weighted by Gasteiger charge is 2.30. The monoisotopic (exact) mass is 296 g/mol. The zero-order chi connectivity index (χ0) is 13.8.